The van der Waals surface area contributed by atoms with E-state index in [1.54, 1.807) is 0 Å². The number of unbranched alkanes of at least 4 members (excludes halogenated alkanes) is 3. The van der Waals surface area contributed by atoms with Crippen molar-refractivity contribution in [1.82, 2.24) is 0 Å². The van der Waals surface area contributed by atoms with Crippen molar-refractivity contribution in [2.45, 2.75) is 39.2 Å². The van der Waals surface area contributed by atoms with Crippen LogP contribution in [-0.2, 0) is 16.1 Å². The van der Waals surface area contributed by atoms with Crippen molar-refractivity contribution >= 4 is 5.97 Å². The molecule has 1 aromatic rings. The standard InChI is InChI=1S/C13H20NO2.ClH/c1-2-3-4-8-11-16-13(15)12-14-9-6-5-7-10-14;/h5-7,9-10H,2-4,8,11-12H2,1H3;1H/q+1;/p-1. The molecule has 0 atom stereocenters. The largest absolute Gasteiger partial charge is 1.00 e. The van der Waals surface area contributed by atoms with Gasteiger partial charge in [-0.2, -0.15) is 4.57 Å². The maximum atomic E-state index is 11.4. The Morgan fingerprint density at radius 2 is 1.82 bits per heavy atom. The predicted octanol–water partition coefficient (Wildman–Crippen LogP) is -0.898. The van der Waals surface area contributed by atoms with Gasteiger partial charge in [-0.3, -0.25) is 0 Å². The maximum absolute atomic E-state index is 11.4. The van der Waals surface area contributed by atoms with Crippen molar-refractivity contribution in [3.63, 3.8) is 0 Å². The van der Waals surface area contributed by atoms with Crippen LogP contribution < -0.4 is 17.0 Å². The van der Waals surface area contributed by atoms with E-state index >= 15 is 0 Å². The van der Waals surface area contributed by atoms with Gasteiger partial charge in [0.2, 0.25) is 6.54 Å². The summed E-state index contributed by atoms with van der Waals surface area (Å²) < 4.78 is 6.95. The number of esters is 1. The van der Waals surface area contributed by atoms with Crippen LogP contribution in [0.25, 0.3) is 0 Å². The van der Waals surface area contributed by atoms with Crippen molar-refractivity contribution in [1.29, 1.82) is 0 Å². The Hall–Kier alpha value is -1.09. The van der Waals surface area contributed by atoms with Crippen molar-refractivity contribution in [3.05, 3.63) is 30.6 Å². The van der Waals surface area contributed by atoms with Crippen LogP contribution in [0, 0.1) is 0 Å². The van der Waals surface area contributed by atoms with E-state index in [1.165, 1.54) is 12.8 Å². The molecule has 17 heavy (non-hydrogen) atoms. The minimum absolute atomic E-state index is 0. The molecule has 4 heteroatoms. The van der Waals surface area contributed by atoms with Crippen LogP contribution in [0.3, 0.4) is 0 Å². The Morgan fingerprint density at radius 1 is 1.12 bits per heavy atom. The molecule has 0 spiro atoms. The summed E-state index contributed by atoms with van der Waals surface area (Å²) in [5.41, 5.74) is 0. The lowest BCUT2D eigenvalue weighted by molar-refractivity contribution is -0.686. The van der Waals surface area contributed by atoms with Gasteiger partial charge in [0, 0.05) is 12.1 Å². The number of pyridine rings is 1. The lowest BCUT2D eigenvalue weighted by Crippen LogP contribution is -3.00. The molecule has 1 heterocycles. The number of carbonyl (C=O) groups is 1. The Kier molecular flexibility index (Phi) is 9.44. The van der Waals surface area contributed by atoms with Crippen molar-refractivity contribution in [3.8, 4) is 0 Å². The highest BCUT2D eigenvalue weighted by Crippen LogP contribution is 1.98. The Balaban J connectivity index is 0.00000256. The molecule has 3 nitrogen and oxygen atoms in total. The van der Waals surface area contributed by atoms with Gasteiger partial charge in [-0.05, 0) is 6.42 Å². The van der Waals surface area contributed by atoms with E-state index in [1.807, 2.05) is 35.2 Å². The third kappa shape index (κ3) is 7.75. The first-order chi connectivity index (χ1) is 7.83. The van der Waals surface area contributed by atoms with E-state index < -0.39 is 0 Å². The van der Waals surface area contributed by atoms with Gasteiger partial charge < -0.3 is 17.1 Å². The van der Waals surface area contributed by atoms with Crippen LogP contribution in [0.1, 0.15) is 32.6 Å². The topological polar surface area (TPSA) is 30.2 Å². The average molecular weight is 258 g/mol. The second kappa shape index (κ2) is 10.1. The van der Waals surface area contributed by atoms with Crippen molar-refractivity contribution in [2.24, 2.45) is 0 Å². The van der Waals surface area contributed by atoms with Gasteiger partial charge in [-0.1, -0.05) is 32.3 Å². The molecule has 0 N–H and O–H groups in total. The summed E-state index contributed by atoms with van der Waals surface area (Å²) in [7, 11) is 0. The minimum Gasteiger partial charge on any atom is -1.00 e. The first kappa shape index (κ1) is 15.9. The van der Waals surface area contributed by atoms with Gasteiger partial charge in [0.1, 0.15) is 0 Å². The molecule has 0 radical (unpaired) electrons. The number of aromatic nitrogens is 1. The summed E-state index contributed by atoms with van der Waals surface area (Å²) in [5, 5.41) is 0. The van der Waals surface area contributed by atoms with E-state index in [4.69, 9.17) is 4.74 Å². The summed E-state index contributed by atoms with van der Waals surface area (Å²) >= 11 is 0. The average Bonchev–Trinajstić information content (AvgIpc) is 2.30. The van der Waals surface area contributed by atoms with Gasteiger partial charge in [-0.25, -0.2) is 4.79 Å². The van der Waals surface area contributed by atoms with Gasteiger partial charge in [0.25, 0.3) is 0 Å². The zero-order valence-corrected chi connectivity index (χ0v) is 11.0. The number of hydrogen-bond acceptors (Lipinski definition) is 2. The third-order valence-electron chi connectivity index (χ3n) is 2.35. The van der Waals surface area contributed by atoms with E-state index in [2.05, 4.69) is 6.92 Å². The molecule has 96 valence electrons. The maximum Gasteiger partial charge on any atom is 0.372 e. The second-order valence-electron chi connectivity index (χ2n) is 3.83. The highest BCUT2D eigenvalue weighted by molar-refractivity contribution is 5.67. The molecule has 0 saturated heterocycles. The van der Waals surface area contributed by atoms with Crippen LogP contribution in [0.15, 0.2) is 30.6 Å². The highest BCUT2D eigenvalue weighted by Gasteiger charge is 2.08. The molecule has 1 aromatic heterocycles. The fourth-order valence-corrected chi connectivity index (χ4v) is 1.45. The molecular formula is C13H20ClNO2. The summed E-state index contributed by atoms with van der Waals surface area (Å²) in [4.78, 5) is 11.4. The monoisotopic (exact) mass is 257 g/mol. The predicted molar refractivity (Wildman–Crippen MR) is 61.7 cm³/mol. The molecule has 0 saturated carbocycles. The fourth-order valence-electron chi connectivity index (χ4n) is 1.45. The zero-order chi connectivity index (χ0) is 11.6. The van der Waals surface area contributed by atoms with E-state index in [0.717, 1.165) is 12.8 Å². The normalized spacial score (nSPS) is 9.47. The van der Waals surface area contributed by atoms with Crippen LogP contribution in [-0.4, -0.2) is 12.6 Å². The SMILES string of the molecule is CCCCCCOC(=O)C[n+]1ccccc1.[Cl-]. The third-order valence-corrected chi connectivity index (χ3v) is 2.35. The lowest BCUT2D eigenvalue weighted by atomic mass is 10.2. The molecule has 0 aliphatic rings. The fraction of sp³-hybridized carbons (Fsp3) is 0.538. The van der Waals surface area contributed by atoms with Crippen molar-refractivity contribution in [2.75, 3.05) is 6.61 Å². The molecule has 0 aromatic carbocycles. The quantitative estimate of drug-likeness (QED) is 0.360. The van der Waals surface area contributed by atoms with E-state index in [9.17, 15) is 4.79 Å². The second-order valence-corrected chi connectivity index (χ2v) is 3.83. The summed E-state index contributed by atoms with van der Waals surface area (Å²) in [6.45, 7) is 3.01. The molecule has 1 rings (SSSR count). The van der Waals surface area contributed by atoms with Crippen LogP contribution >= 0.6 is 0 Å². The Morgan fingerprint density at radius 3 is 2.47 bits per heavy atom. The van der Waals surface area contributed by atoms with Crippen molar-refractivity contribution < 1.29 is 26.5 Å². The molecule has 0 amide bonds. The Bertz CT molecular complexity index is 304. The van der Waals surface area contributed by atoms with Crippen LogP contribution in [0.5, 0.6) is 0 Å². The number of halogens is 1. The summed E-state index contributed by atoms with van der Waals surface area (Å²) in [6, 6.07) is 5.72. The number of hydrogen-bond donors (Lipinski definition) is 0. The minimum atomic E-state index is -0.160. The molecule has 0 aliphatic heterocycles. The number of carbonyl (C=O) groups excluding carboxylic acids is 1. The molecular weight excluding hydrogens is 238 g/mol. The molecule has 0 aliphatic carbocycles. The Labute approximate surface area is 109 Å². The first-order valence-electron chi connectivity index (χ1n) is 5.92. The molecule has 0 bridgehead atoms. The number of rotatable bonds is 7. The molecule has 0 fully saturated rings. The molecule has 0 unspecified atom stereocenters. The van der Waals surface area contributed by atoms with E-state index in [-0.39, 0.29) is 18.4 Å². The van der Waals surface area contributed by atoms with Gasteiger partial charge >= 0.3 is 5.97 Å². The van der Waals surface area contributed by atoms with Crippen LogP contribution in [0.4, 0.5) is 0 Å². The van der Waals surface area contributed by atoms with Gasteiger partial charge in [-0.15, -0.1) is 0 Å². The number of nitrogens with zero attached hydrogens (tertiary/aromatic N) is 1. The zero-order valence-electron chi connectivity index (χ0n) is 10.3. The summed E-state index contributed by atoms with van der Waals surface area (Å²) in [6.07, 6.45) is 8.25. The summed E-state index contributed by atoms with van der Waals surface area (Å²) in [5.74, 6) is -0.160. The number of ether oxygens (including phenoxy) is 1. The lowest BCUT2D eigenvalue weighted by Gasteiger charge is -2.02. The smallest absolute Gasteiger partial charge is 0.372 e. The van der Waals surface area contributed by atoms with E-state index in [0.29, 0.717) is 13.2 Å². The van der Waals surface area contributed by atoms with Gasteiger partial charge in [0.05, 0.1) is 6.61 Å². The van der Waals surface area contributed by atoms with Gasteiger partial charge in [0.15, 0.2) is 12.4 Å². The van der Waals surface area contributed by atoms with Crippen LogP contribution in [0.2, 0.25) is 0 Å². The highest BCUT2D eigenvalue weighted by atomic mass is 35.5. The first-order valence-corrected chi connectivity index (χ1v) is 5.92.